The SMILES string of the molecule is CC(OC(C)(C)C)C(NC(=O)Cc1ccccc1)C(=O)NCC(=O)N1c2ccccc2C[C@H]1C(=O)NCc1nn[nH]n1. The number of nitrogens with zero attached hydrogens (tertiary/aromatic N) is 4. The lowest BCUT2D eigenvalue weighted by molar-refractivity contribution is -0.137. The first kappa shape index (κ1) is 30.3. The highest BCUT2D eigenvalue weighted by atomic mass is 16.5. The van der Waals surface area contributed by atoms with Gasteiger partial charge in [-0.25, -0.2) is 0 Å². The number of nitrogens with one attached hydrogen (secondary N) is 4. The molecule has 2 unspecified atom stereocenters. The molecule has 4 amide bonds. The van der Waals surface area contributed by atoms with Crippen molar-refractivity contribution >= 4 is 29.3 Å². The van der Waals surface area contributed by atoms with Gasteiger partial charge in [0.2, 0.25) is 23.6 Å². The molecule has 13 nitrogen and oxygen atoms in total. The summed E-state index contributed by atoms with van der Waals surface area (Å²) in [5, 5.41) is 21.6. The average Bonchev–Trinajstić information content (AvgIpc) is 3.61. The molecule has 0 bridgehead atoms. The molecule has 42 heavy (non-hydrogen) atoms. The quantitative estimate of drug-likeness (QED) is 0.260. The van der Waals surface area contributed by atoms with Crippen LogP contribution in [0.4, 0.5) is 5.69 Å². The first-order valence-corrected chi connectivity index (χ1v) is 13.7. The van der Waals surface area contributed by atoms with E-state index in [0.29, 0.717) is 17.9 Å². The van der Waals surface area contributed by atoms with Crippen LogP contribution in [0.2, 0.25) is 0 Å². The first-order valence-electron chi connectivity index (χ1n) is 13.7. The second-order valence-corrected chi connectivity index (χ2v) is 11.0. The number of aromatic nitrogens is 4. The molecule has 1 aliphatic rings. The van der Waals surface area contributed by atoms with Crippen LogP contribution < -0.4 is 20.9 Å². The molecular formula is C29H36N8O5. The van der Waals surface area contributed by atoms with E-state index < -0.39 is 48.1 Å². The summed E-state index contributed by atoms with van der Waals surface area (Å²) in [6.07, 6.45) is -0.310. The van der Waals surface area contributed by atoms with E-state index in [1.165, 1.54) is 4.90 Å². The standard InChI is InChI=1S/C29H36N8O5/c1-18(42-29(2,3)4)26(32-24(38)14-19-10-6-5-7-11-19)28(41)31-17-25(39)37-21-13-9-8-12-20(21)15-22(37)27(40)30-16-23-33-35-36-34-23/h5-13,18,22,26H,14-17H2,1-4H3,(H,30,40)(H,31,41)(H,32,38)(H,33,34,35,36)/t18?,22-,26?/m0/s1. The zero-order valence-electron chi connectivity index (χ0n) is 24.1. The van der Waals surface area contributed by atoms with Crippen molar-refractivity contribution < 1.29 is 23.9 Å². The van der Waals surface area contributed by atoms with Crippen molar-refractivity contribution in [2.75, 3.05) is 11.4 Å². The molecule has 0 saturated heterocycles. The lowest BCUT2D eigenvalue weighted by Crippen LogP contribution is -2.57. The average molecular weight is 577 g/mol. The Balaban J connectivity index is 1.44. The van der Waals surface area contributed by atoms with Crippen molar-refractivity contribution in [3.8, 4) is 0 Å². The topological polar surface area (TPSA) is 171 Å². The molecule has 2 heterocycles. The van der Waals surface area contributed by atoms with E-state index >= 15 is 0 Å². The molecule has 222 valence electrons. The molecule has 0 fully saturated rings. The molecule has 13 heteroatoms. The van der Waals surface area contributed by atoms with Gasteiger partial charge in [-0.05, 0) is 44.9 Å². The summed E-state index contributed by atoms with van der Waals surface area (Å²) < 4.78 is 5.99. The van der Waals surface area contributed by atoms with Gasteiger partial charge in [-0.15, -0.1) is 10.2 Å². The monoisotopic (exact) mass is 576 g/mol. The number of ether oxygens (including phenoxy) is 1. The number of aromatic amines is 1. The van der Waals surface area contributed by atoms with Gasteiger partial charge in [-0.2, -0.15) is 5.21 Å². The number of rotatable bonds is 11. The highest BCUT2D eigenvalue weighted by Crippen LogP contribution is 2.32. The third kappa shape index (κ3) is 7.97. The maximum atomic E-state index is 13.5. The van der Waals surface area contributed by atoms with Gasteiger partial charge in [0.25, 0.3) is 0 Å². The summed E-state index contributed by atoms with van der Waals surface area (Å²) in [5.41, 5.74) is 1.63. The highest BCUT2D eigenvalue weighted by Gasteiger charge is 2.39. The maximum absolute atomic E-state index is 13.5. The van der Waals surface area contributed by atoms with Gasteiger partial charge in [0.15, 0.2) is 5.82 Å². The Kier molecular flexibility index (Phi) is 9.63. The lowest BCUT2D eigenvalue weighted by Gasteiger charge is -2.31. The Morgan fingerprint density at radius 1 is 1.05 bits per heavy atom. The number of tetrazole rings is 1. The van der Waals surface area contributed by atoms with Gasteiger partial charge in [0.05, 0.1) is 31.2 Å². The smallest absolute Gasteiger partial charge is 0.247 e. The van der Waals surface area contributed by atoms with Crippen LogP contribution >= 0.6 is 0 Å². The summed E-state index contributed by atoms with van der Waals surface area (Å²) >= 11 is 0. The third-order valence-corrected chi connectivity index (χ3v) is 6.59. The van der Waals surface area contributed by atoms with Crippen molar-refractivity contribution in [1.82, 2.24) is 36.6 Å². The second kappa shape index (κ2) is 13.3. The van der Waals surface area contributed by atoms with Crippen LogP contribution in [-0.2, 0) is 43.3 Å². The van der Waals surface area contributed by atoms with Crippen LogP contribution in [0, 0.1) is 0 Å². The van der Waals surface area contributed by atoms with Gasteiger partial charge in [0, 0.05) is 12.1 Å². The second-order valence-electron chi connectivity index (χ2n) is 11.0. The van der Waals surface area contributed by atoms with E-state index in [9.17, 15) is 19.2 Å². The van der Waals surface area contributed by atoms with Crippen molar-refractivity contribution in [3.63, 3.8) is 0 Å². The number of anilines is 1. The van der Waals surface area contributed by atoms with E-state index in [4.69, 9.17) is 4.74 Å². The van der Waals surface area contributed by atoms with E-state index in [0.717, 1.165) is 11.1 Å². The predicted octanol–water partition coefficient (Wildman–Crippen LogP) is 0.821. The van der Waals surface area contributed by atoms with E-state index in [2.05, 4.69) is 36.6 Å². The van der Waals surface area contributed by atoms with Gasteiger partial charge >= 0.3 is 0 Å². The van der Waals surface area contributed by atoms with E-state index in [1.807, 2.05) is 63.2 Å². The van der Waals surface area contributed by atoms with E-state index in [1.54, 1.807) is 19.1 Å². The minimum Gasteiger partial charge on any atom is -0.370 e. The number of benzene rings is 2. The van der Waals surface area contributed by atoms with E-state index in [-0.39, 0.29) is 18.9 Å². The molecule has 3 aromatic rings. The minimum absolute atomic E-state index is 0.0387. The molecule has 3 atom stereocenters. The van der Waals surface area contributed by atoms with Gasteiger partial charge < -0.3 is 20.7 Å². The number of para-hydroxylation sites is 1. The molecule has 0 aliphatic carbocycles. The molecule has 1 aliphatic heterocycles. The lowest BCUT2D eigenvalue weighted by atomic mass is 10.1. The van der Waals surface area contributed by atoms with Gasteiger partial charge in [-0.3, -0.25) is 24.1 Å². The number of hydrogen-bond donors (Lipinski definition) is 4. The number of hydrogen-bond acceptors (Lipinski definition) is 8. The first-order chi connectivity index (χ1) is 20.0. The Bertz CT molecular complexity index is 1390. The normalized spacial score (nSPS) is 15.8. The molecule has 1 aromatic heterocycles. The van der Waals surface area contributed by atoms with Crippen LogP contribution in [0.15, 0.2) is 54.6 Å². The molecule has 0 saturated carbocycles. The van der Waals surface area contributed by atoms with Crippen molar-refractivity contribution in [3.05, 3.63) is 71.5 Å². The summed E-state index contributed by atoms with van der Waals surface area (Å²) in [5.74, 6) is -1.51. The zero-order valence-corrected chi connectivity index (χ0v) is 24.1. The zero-order chi connectivity index (χ0) is 30.3. The summed E-state index contributed by atoms with van der Waals surface area (Å²) in [6.45, 7) is 6.89. The number of amides is 4. The van der Waals surface area contributed by atoms with Crippen LogP contribution in [0.25, 0.3) is 0 Å². The fourth-order valence-electron chi connectivity index (χ4n) is 4.83. The van der Waals surface area contributed by atoms with Crippen LogP contribution in [0.5, 0.6) is 0 Å². The number of carbonyl (C=O) groups is 4. The van der Waals surface area contributed by atoms with Crippen molar-refractivity contribution in [2.45, 2.75) is 70.9 Å². The van der Waals surface area contributed by atoms with Crippen LogP contribution in [-0.4, -0.2) is 74.6 Å². The number of carbonyl (C=O) groups excluding carboxylic acids is 4. The molecule has 4 rings (SSSR count). The fraction of sp³-hybridized carbons (Fsp3) is 0.414. The summed E-state index contributed by atoms with van der Waals surface area (Å²) in [4.78, 5) is 54.3. The van der Waals surface area contributed by atoms with Crippen molar-refractivity contribution in [1.29, 1.82) is 0 Å². The van der Waals surface area contributed by atoms with Crippen LogP contribution in [0.1, 0.15) is 44.6 Å². The Morgan fingerprint density at radius 2 is 1.76 bits per heavy atom. The predicted molar refractivity (Wildman–Crippen MR) is 153 cm³/mol. The largest absolute Gasteiger partial charge is 0.370 e. The Labute approximate surface area is 243 Å². The van der Waals surface area contributed by atoms with Gasteiger partial charge in [-0.1, -0.05) is 53.7 Å². The van der Waals surface area contributed by atoms with Crippen molar-refractivity contribution in [2.24, 2.45) is 0 Å². The summed E-state index contributed by atoms with van der Waals surface area (Å²) in [6, 6.07) is 14.5. The molecule has 0 radical (unpaired) electrons. The summed E-state index contributed by atoms with van der Waals surface area (Å²) in [7, 11) is 0. The maximum Gasteiger partial charge on any atom is 0.247 e. The third-order valence-electron chi connectivity index (χ3n) is 6.59. The van der Waals surface area contributed by atoms with Gasteiger partial charge in [0.1, 0.15) is 12.1 Å². The number of fused-ring (bicyclic) bond motifs is 1. The minimum atomic E-state index is -1.06. The Hall–Kier alpha value is -4.65. The fourth-order valence-corrected chi connectivity index (χ4v) is 4.83. The van der Waals surface area contributed by atoms with Crippen LogP contribution in [0.3, 0.4) is 0 Å². The Morgan fingerprint density at radius 3 is 2.45 bits per heavy atom. The molecule has 2 aromatic carbocycles. The molecule has 0 spiro atoms. The highest BCUT2D eigenvalue weighted by molar-refractivity contribution is 6.05. The molecule has 4 N–H and O–H groups in total. The molecular weight excluding hydrogens is 540 g/mol. The number of H-pyrrole nitrogens is 1.